The Hall–Kier alpha value is -4.32. The van der Waals surface area contributed by atoms with Crippen LogP contribution >= 0.6 is 11.8 Å². The number of hydrogen-bond donors (Lipinski definition) is 1. The number of nitrogens with zero attached hydrogens (tertiary/aromatic N) is 5. The fourth-order valence-electron chi connectivity index (χ4n) is 4.75. The number of para-hydroxylation sites is 1. The smallest absolute Gasteiger partial charge is 0.406 e. The summed E-state index contributed by atoms with van der Waals surface area (Å²) < 4.78 is 42.7. The fraction of sp³-hybridized carbons (Fsp3) is 0.290. The molecule has 1 aliphatic heterocycles. The molecule has 8 nitrogen and oxygen atoms in total. The van der Waals surface area contributed by atoms with Gasteiger partial charge in [0.1, 0.15) is 12.1 Å². The van der Waals surface area contributed by atoms with Crippen LogP contribution in [-0.4, -0.2) is 44.6 Å². The molecule has 12 heteroatoms. The number of thioether (sulfide) groups is 1. The molecular formula is C31H31F3N6O2S. The van der Waals surface area contributed by atoms with Crippen LogP contribution in [0.1, 0.15) is 44.7 Å². The SMILES string of the molecule is CC(C)c1ccccc1N1CCSC1=NC(=O)NC(C)(C)c1ccc(-c2ncn(-c3ccc(OC(F)(F)F)cc3)n2)cc1. The third kappa shape index (κ3) is 7.19. The first kappa shape index (κ1) is 30.1. The number of aromatic nitrogens is 3. The van der Waals surface area contributed by atoms with Crippen LogP contribution in [-0.2, 0) is 5.54 Å². The number of amidine groups is 1. The van der Waals surface area contributed by atoms with E-state index in [2.05, 4.69) is 56.0 Å². The summed E-state index contributed by atoms with van der Waals surface area (Å²) in [5, 5.41) is 8.16. The number of urea groups is 1. The predicted octanol–water partition coefficient (Wildman–Crippen LogP) is 7.51. The number of rotatable bonds is 7. The van der Waals surface area contributed by atoms with Gasteiger partial charge < -0.3 is 15.0 Å². The Balaban J connectivity index is 1.26. The lowest BCUT2D eigenvalue weighted by atomic mass is 9.93. The van der Waals surface area contributed by atoms with Gasteiger partial charge in [0.25, 0.3) is 0 Å². The van der Waals surface area contributed by atoms with Crippen LogP contribution in [0, 0.1) is 0 Å². The Morgan fingerprint density at radius 2 is 1.72 bits per heavy atom. The Bertz CT molecular complexity index is 1620. The third-order valence-electron chi connectivity index (χ3n) is 6.93. The molecule has 0 spiro atoms. The van der Waals surface area contributed by atoms with Crippen molar-refractivity contribution in [1.82, 2.24) is 20.1 Å². The first-order valence-corrected chi connectivity index (χ1v) is 14.7. The van der Waals surface area contributed by atoms with E-state index in [0.717, 1.165) is 29.1 Å². The number of halogens is 3. The first-order valence-electron chi connectivity index (χ1n) is 13.7. The van der Waals surface area contributed by atoms with Crippen molar-refractivity contribution in [3.63, 3.8) is 0 Å². The highest BCUT2D eigenvalue weighted by atomic mass is 32.2. The van der Waals surface area contributed by atoms with E-state index < -0.39 is 17.9 Å². The van der Waals surface area contributed by atoms with Crippen molar-refractivity contribution in [2.24, 2.45) is 4.99 Å². The lowest BCUT2D eigenvalue weighted by Crippen LogP contribution is -2.40. The quantitative estimate of drug-likeness (QED) is 0.234. The molecule has 0 atom stereocenters. The summed E-state index contributed by atoms with van der Waals surface area (Å²) in [5.74, 6) is 1.32. The largest absolute Gasteiger partial charge is 0.573 e. The van der Waals surface area contributed by atoms with Crippen LogP contribution in [0.5, 0.6) is 5.75 Å². The minimum atomic E-state index is -4.75. The zero-order valence-corrected chi connectivity index (χ0v) is 24.9. The van der Waals surface area contributed by atoms with Crippen LogP contribution in [0.3, 0.4) is 0 Å². The third-order valence-corrected chi connectivity index (χ3v) is 7.89. The number of aliphatic imine (C=N–C) groups is 1. The summed E-state index contributed by atoms with van der Waals surface area (Å²) in [4.78, 5) is 24.0. The molecule has 1 saturated heterocycles. The number of alkyl halides is 3. The second kappa shape index (κ2) is 12.1. The minimum Gasteiger partial charge on any atom is -0.406 e. The monoisotopic (exact) mass is 608 g/mol. The molecule has 0 unspecified atom stereocenters. The highest BCUT2D eigenvalue weighted by Gasteiger charge is 2.31. The fourth-order valence-corrected chi connectivity index (χ4v) is 5.70. The van der Waals surface area contributed by atoms with E-state index in [1.54, 1.807) is 11.8 Å². The van der Waals surface area contributed by atoms with Gasteiger partial charge in [0, 0.05) is 23.5 Å². The van der Waals surface area contributed by atoms with Gasteiger partial charge in [0.2, 0.25) is 0 Å². The first-order chi connectivity index (χ1) is 20.4. The Kier molecular flexibility index (Phi) is 8.50. The van der Waals surface area contributed by atoms with Crippen LogP contribution in [0.4, 0.5) is 23.7 Å². The summed E-state index contributed by atoms with van der Waals surface area (Å²) in [6, 6.07) is 20.6. The van der Waals surface area contributed by atoms with Crippen LogP contribution in [0.15, 0.2) is 84.1 Å². The molecule has 0 radical (unpaired) electrons. The molecule has 3 aromatic carbocycles. The molecule has 1 aromatic heterocycles. The average Bonchev–Trinajstić information content (AvgIpc) is 3.63. The van der Waals surface area contributed by atoms with E-state index in [1.807, 2.05) is 50.2 Å². The highest BCUT2D eigenvalue weighted by molar-refractivity contribution is 8.14. The normalized spacial score (nSPS) is 14.9. The lowest BCUT2D eigenvalue weighted by molar-refractivity contribution is -0.274. The molecule has 2 heterocycles. The van der Waals surface area contributed by atoms with E-state index in [4.69, 9.17) is 0 Å². The topological polar surface area (TPSA) is 84.6 Å². The molecule has 0 aliphatic carbocycles. The number of hydrogen-bond acceptors (Lipinski definition) is 5. The van der Waals surface area contributed by atoms with Crippen molar-refractivity contribution in [1.29, 1.82) is 0 Å². The summed E-state index contributed by atoms with van der Waals surface area (Å²) in [6.07, 6.45) is -3.27. The molecule has 4 aromatic rings. The van der Waals surface area contributed by atoms with Gasteiger partial charge >= 0.3 is 12.4 Å². The number of anilines is 1. The van der Waals surface area contributed by atoms with Crippen LogP contribution < -0.4 is 15.0 Å². The number of ether oxygens (including phenoxy) is 1. The average molecular weight is 609 g/mol. The van der Waals surface area contributed by atoms with E-state index in [-0.39, 0.29) is 5.75 Å². The Labute approximate surface area is 252 Å². The molecule has 1 N–H and O–H groups in total. The van der Waals surface area contributed by atoms with E-state index in [1.165, 1.54) is 40.8 Å². The summed E-state index contributed by atoms with van der Waals surface area (Å²) in [6.45, 7) is 8.91. The number of carbonyl (C=O) groups excluding carboxylic acids is 1. The number of benzene rings is 3. The number of nitrogens with one attached hydrogen (secondary N) is 1. The maximum atomic E-state index is 13.1. The van der Waals surface area contributed by atoms with Crippen molar-refractivity contribution in [2.75, 3.05) is 17.2 Å². The van der Waals surface area contributed by atoms with Crippen molar-refractivity contribution < 1.29 is 22.7 Å². The van der Waals surface area contributed by atoms with Crippen LogP contribution in [0.2, 0.25) is 0 Å². The Morgan fingerprint density at radius 3 is 2.40 bits per heavy atom. The highest BCUT2D eigenvalue weighted by Crippen LogP contribution is 2.33. The van der Waals surface area contributed by atoms with Crippen molar-refractivity contribution in [3.05, 3.63) is 90.3 Å². The zero-order chi connectivity index (χ0) is 30.8. The predicted molar refractivity (Wildman–Crippen MR) is 163 cm³/mol. The second-order valence-corrected chi connectivity index (χ2v) is 11.9. The number of amides is 2. The van der Waals surface area contributed by atoms with Gasteiger partial charge in [-0.05, 0) is 61.2 Å². The lowest BCUT2D eigenvalue weighted by Gasteiger charge is -2.27. The van der Waals surface area contributed by atoms with Gasteiger partial charge in [0.05, 0.1) is 11.2 Å². The van der Waals surface area contributed by atoms with Gasteiger partial charge in [-0.2, -0.15) is 4.99 Å². The Morgan fingerprint density at radius 1 is 1.02 bits per heavy atom. The zero-order valence-electron chi connectivity index (χ0n) is 24.1. The van der Waals surface area contributed by atoms with Gasteiger partial charge in [-0.25, -0.2) is 14.5 Å². The maximum absolute atomic E-state index is 13.1. The molecule has 5 rings (SSSR count). The van der Waals surface area contributed by atoms with Crippen molar-refractivity contribution >= 4 is 28.6 Å². The van der Waals surface area contributed by atoms with Gasteiger partial charge in [0.15, 0.2) is 11.0 Å². The summed E-state index contributed by atoms with van der Waals surface area (Å²) >= 11 is 1.57. The van der Waals surface area contributed by atoms with E-state index >= 15 is 0 Å². The van der Waals surface area contributed by atoms with Crippen molar-refractivity contribution in [2.45, 2.75) is 45.5 Å². The van der Waals surface area contributed by atoms with E-state index in [9.17, 15) is 18.0 Å². The molecule has 0 bridgehead atoms. The number of carbonyl (C=O) groups is 1. The molecule has 2 amide bonds. The van der Waals surface area contributed by atoms with Gasteiger partial charge in [-0.3, -0.25) is 0 Å². The van der Waals surface area contributed by atoms with Crippen LogP contribution in [0.25, 0.3) is 17.1 Å². The molecule has 1 aliphatic rings. The molecule has 224 valence electrons. The summed E-state index contributed by atoms with van der Waals surface area (Å²) in [5.41, 5.74) is 3.71. The van der Waals surface area contributed by atoms with Gasteiger partial charge in [-0.15, -0.1) is 18.3 Å². The van der Waals surface area contributed by atoms with E-state index in [0.29, 0.717) is 22.6 Å². The standard InChI is InChI=1S/C31H31F3N6O2S/c1-20(2)25-7-5-6-8-26(25)39-17-18-43-29(39)36-28(41)37-30(3,4)22-11-9-21(10-12-22)27-35-19-40(38-27)23-13-15-24(16-14-23)42-31(32,33)34/h5-16,19-20H,17-18H2,1-4H3,(H,37,41). The molecule has 43 heavy (non-hydrogen) atoms. The maximum Gasteiger partial charge on any atom is 0.573 e. The summed E-state index contributed by atoms with van der Waals surface area (Å²) in [7, 11) is 0. The molecular weight excluding hydrogens is 577 g/mol. The van der Waals surface area contributed by atoms with Crippen molar-refractivity contribution in [3.8, 4) is 22.8 Å². The molecule has 0 saturated carbocycles. The van der Waals surface area contributed by atoms with Gasteiger partial charge in [-0.1, -0.05) is 68.1 Å². The minimum absolute atomic E-state index is 0.316. The molecule has 1 fully saturated rings. The second-order valence-electron chi connectivity index (χ2n) is 10.8.